The van der Waals surface area contributed by atoms with Crippen LogP contribution in [0.4, 0.5) is 0 Å². The highest BCUT2D eigenvalue weighted by Crippen LogP contribution is 2.15. The van der Waals surface area contributed by atoms with Crippen molar-refractivity contribution >= 4 is 27.7 Å². The van der Waals surface area contributed by atoms with Crippen LogP contribution >= 0.6 is 15.9 Å². The lowest BCUT2D eigenvalue weighted by molar-refractivity contribution is -0.121. The Hall–Kier alpha value is -1.38. The molecular weight excluding hydrogens is 342 g/mol. The van der Waals surface area contributed by atoms with Gasteiger partial charge in [0.25, 0.3) is 5.91 Å². The van der Waals surface area contributed by atoms with Crippen molar-refractivity contribution in [2.75, 3.05) is 46.9 Å². The zero-order chi connectivity index (χ0) is 15.7. The molecule has 8 heteroatoms. The molecule has 0 atom stereocenters. The molecule has 7 nitrogen and oxygen atoms in total. The summed E-state index contributed by atoms with van der Waals surface area (Å²) in [5, 5.41) is 5.83. The zero-order valence-electron chi connectivity index (χ0n) is 12.1. The predicted molar refractivity (Wildman–Crippen MR) is 81.1 cm³/mol. The lowest BCUT2D eigenvalue weighted by atomic mass is 10.4. The van der Waals surface area contributed by atoms with Gasteiger partial charge in [-0.15, -0.1) is 0 Å². The van der Waals surface area contributed by atoms with E-state index in [0.717, 1.165) is 6.54 Å². The third-order valence-electron chi connectivity index (χ3n) is 2.62. The van der Waals surface area contributed by atoms with Crippen molar-refractivity contribution in [2.24, 2.45) is 0 Å². The molecule has 2 amide bonds. The van der Waals surface area contributed by atoms with E-state index in [1.807, 2.05) is 0 Å². The van der Waals surface area contributed by atoms with Gasteiger partial charge in [-0.3, -0.25) is 9.59 Å². The summed E-state index contributed by atoms with van der Waals surface area (Å²) in [4.78, 5) is 24.9. The summed E-state index contributed by atoms with van der Waals surface area (Å²) in [6, 6.07) is 3.19. The highest BCUT2D eigenvalue weighted by atomic mass is 79.9. The minimum Gasteiger partial charge on any atom is -0.444 e. The third kappa shape index (κ3) is 6.74. The van der Waals surface area contributed by atoms with E-state index < -0.39 is 0 Å². The predicted octanol–water partition coefficient (Wildman–Crippen LogP) is 0.466. The van der Waals surface area contributed by atoms with E-state index in [9.17, 15) is 9.59 Å². The van der Waals surface area contributed by atoms with Gasteiger partial charge in [0, 0.05) is 33.8 Å². The van der Waals surface area contributed by atoms with Crippen LogP contribution in [0.2, 0.25) is 0 Å². The minimum atomic E-state index is -0.339. The Morgan fingerprint density at radius 3 is 2.71 bits per heavy atom. The lowest BCUT2D eigenvalue weighted by Crippen LogP contribution is -2.40. The van der Waals surface area contributed by atoms with Crippen molar-refractivity contribution in [1.29, 1.82) is 0 Å². The largest absolute Gasteiger partial charge is 0.444 e. The average molecular weight is 362 g/mol. The number of rotatable bonds is 9. The molecule has 21 heavy (non-hydrogen) atoms. The maximum Gasteiger partial charge on any atom is 0.289 e. The number of amides is 2. The van der Waals surface area contributed by atoms with Crippen LogP contribution in [0.3, 0.4) is 0 Å². The lowest BCUT2D eigenvalue weighted by Gasteiger charge is -2.15. The number of furan rings is 1. The van der Waals surface area contributed by atoms with Crippen molar-refractivity contribution < 1.29 is 18.7 Å². The first kappa shape index (κ1) is 17.7. The molecule has 0 bridgehead atoms. The number of likely N-dealkylation sites (N-methyl/N-ethyl adjacent to an activating group) is 1. The highest BCUT2D eigenvalue weighted by Gasteiger charge is 2.17. The van der Waals surface area contributed by atoms with Gasteiger partial charge < -0.3 is 24.7 Å². The molecule has 118 valence electrons. The number of carbonyl (C=O) groups excluding carboxylic acids is 2. The van der Waals surface area contributed by atoms with Gasteiger partial charge in [-0.1, -0.05) is 0 Å². The number of hydrogen-bond donors (Lipinski definition) is 2. The van der Waals surface area contributed by atoms with Gasteiger partial charge >= 0.3 is 0 Å². The van der Waals surface area contributed by atoms with Gasteiger partial charge in [0.05, 0.1) is 13.2 Å². The molecule has 2 N–H and O–H groups in total. The number of hydrogen-bond acceptors (Lipinski definition) is 5. The molecule has 0 radical (unpaired) electrons. The number of ether oxygens (including phenoxy) is 1. The van der Waals surface area contributed by atoms with E-state index >= 15 is 0 Å². The molecule has 0 spiro atoms. The average Bonchev–Trinajstić information content (AvgIpc) is 2.88. The fourth-order valence-corrected chi connectivity index (χ4v) is 1.86. The van der Waals surface area contributed by atoms with Crippen LogP contribution in [0, 0.1) is 0 Å². The van der Waals surface area contributed by atoms with E-state index in [-0.39, 0.29) is 24.1 Å². The Morgan fingerprint density at radius 2 is 2.10 bits per heavy atom. The van der Waals surface area contributed by atoms with Gasteiger partial charge in [0.1, 0.15) is 0 Å². The van der Waals surface area contributed by atoms with Gasteiger partial charge in [-0.2, -0.15) is 0 Å². The maximum atomic E-state index is 11.9. The fourth-order valence-electron chi connectivity index (χ4n) is 1.55. The standard InChI is InChI=1S/C13H20BrN3O4/c1-17(13(19)10-3-4-11(14)21-10)9-12(18)16-6-5-15-7-8-20-2/h3-4,15H,5-9H2,1-2H3,(H,16,18). The number of halogens is 1. The van der Waals surface area contributed by atoms with Gasteiger partial charge in [0.15, 0.2) is 10.4 Å². The van der Waals surface area contributed by atoms with Crippen molar-refractivity contribution in [3.8, 4) is 0 Å². The Morgan fingerprint density at radius 1 is 1.33 bits per heavy atom. The van der Waals surface area contributed by atoms with Gasteiger partial charge in [-0.05, 0) is 28.1 Å². The second-order valence-electron chi connectivity index (χ2n) is 4.36. The topological polar surface area (TPSA) is 83.8 Å². The molecule has 0 saturated carbocycles. The van der Waals surface area contributed by atoms with Crippen LogP contribution in [-0.2, 0) is 9.53 Å². The number of carbonyl (C=O) groups is 2. The first-order valence-corrected chi connectivity index (χ1v) is 7.31. The summed E-state index contributed by atoms with van der Waals surface area (Å²) >= 11 is 3.13. The smallest absolute Gasteiger partial charge is 0.289 e. The summed E-state index contributed by atoms with van der Waals surface area (Å²) < 4.78 is 10.5. The SMILES string of the molecule is COCCNCCNC(=O)CN(C)C(=O)c1ccc(Br)o1. The molecule has 0 aromatic carbocycles. The fraction of sp³-hybridized carbons (Fsp3) is 0.538. The molecule has 0 aliphatic carbocycles. The van der Waals surface area contributed by atoms with Crippen molar-refractivity contribution in [3.05, 3.63) is 22.6 Å². The van der Waals surface area contributed by atoms with Crippen molar-refractivity contribution in [2.45, 2.75) is 0 Å². The van der Waals surface area contributed by atoms with Crippen molar-refractivity contribution in [3.63, 3.8) is 0 Å². The molecule has 1 rings (SSSR count). The summed E-state index contributed by atoms with van der Waals surface area (Å²) in [6.07, 6.45) is 0. The second kappa shape index (κ2) is 9.54. The van der Waals surface area contributed by atoms with E-state index in [1.165, 1.54) is 4.90 Å². The third-order valence-corrected chi connectivity index (χ3v) is 3.04. The number of nitrogens with one attached hydrogen (secondary N) is 2. The summed E-state index contributed by atoms with van der Waals surface area (Å²) in [6.45, 7) is 2.49. The Balaban J connectivity index is 2.23. The highest BCUT2D eigenvalue weighted by molar-refractivity contribution is 9.10. The monoisotopic (exact) mass is 361 g/mol. The molecular formula is C13H20BrN3O4. The van der Waals surface area contributed by atoms with Crippen LogP contribution in [0.25, 0.3) is 0 Å². The van der Waals surface area contributed by atoms with Crippen LogP contribution in [0.5, 0.6) is 0 Å². The van der Waals surface area contributed by atoms with Crippen LogP contribution in [0.15, 0.2) is 21.2 Å². The van der Waals surface area contributed by atoms with Gasteiger partial charge in [0.2, 0.25) is 5.91 Å². The molecule has 0 unspecified atom stereocenters. The Bertz CT molecular complexity index is 464. The molecule has 0 fully saturated rings. The van der Waals surface area contributed by atoms with E-state index in [1.54, 1.807) is 26.3 Å². The summed E-state index contributed by atoms with van der Waals surface area (Å²) in [5.74, 6) is -0.363. The van der Waals surface area contributed by atoms with E-state index in [2.05, 4.69) is 26.6 Å². The molecule has 0 aliphatic heterocycles. The normalized spacial score (nSPS) is 10.4. The zero-order valence-corrected chi connectivity index (χ0v) is 13.7. The van der Waals surface area contributed by atoms with E-state index in [4.69, 9.17) is 9.15 Å². The first-order chi connectivity index (χ1) is 10.0. The quantitative estimate of drug-likeness (QED) is 0.624. The number of nitrogens with zero attached hydrogens (tertiary/aromatic N) is 1. The van der Waals surface area contributed by atoms with E-state index in [0.29, 0.717) is 24.4 Å². The number of methoxy groups -OCH3 is 1. The first-order valence-electron chi connectivity index (χ1n) is 6.51. The Labute approximate surface area is 132 Å². The van der Waals surface area contributed by atoms with Crippen LogP contribution < -0.4 is 10.6 Å². The molecule has 1 heterocycles. The Kier molecular flexibility index (Phi) is 8.03. The van der Waals surface area contributed by atoms with Crippen LogP contribution in [-0.4, -0.2) is 63.7 Å². The maximum absolute atomic E-state index is 11.9. The molecule has 1 aromatic rings. The van der Waals surface area contributed by atoms with Crippen molar-refractivity contribution in [1.82, 2.24) is 15.5 Å². The molecule has 0 aliphatic rings. The summed E-state index contributed by atoms with van der Waals surface area (Å²) in [7, 11) is 3.18. The molecule has 0 saturated heterocycles. The van der Waals surface area contributed by atoms with Crippen LogP contribution in [0.1, 0.15) is 10.6 Å². The van der Waals surface area contributed by atoms with Gasteiger partial charge in [-0.25, -0.2) is 0 Å². The molecule has 1 aromatic heterocycles. The second-order valence-corrected chi connectivity index (χ2v) is 5.14. The minimum absolute atomic E-state index is 0.0186. The summed E-state index contributed by atoms with van der Waals surface area (Å²) in [5.41, 5.74) is 0.